The molecule has 2 heterocycles. The van der Waals surface area contributed by atoms with Gasteiger partial charge in [-0.2, -0.15) is 5.10 Å². The quantitative estimate of drug-likeness (QED) is 0.683. The van der Waals surface area contributed by atoms with Crippen molar-refractivity contribution < 1.29 is 9.18 Å². The zero-order valence-corrected chi connectivity index (χ0v) is 12.1. The third-order valence-electron chi connectivity index (χ3n) is 3.90. The molecule has 0 atom stereocenters. The fourth-order valence-electron chi connectivity index (χ4n) is 2.84. The van der Waals surface area contributed by atoms with Crippen LogP contribution >= 0.6 is 0 Å². The molecule has 0 fully saturated rings. The lowest BCUT2D eigenvalue weighted by Crippen LogP contribution is -2.02. The molecule has 0 radical (unpaired) electrons. The van der Waals surface area contributed by atoms with Gasteiger partial charge in [-0.05, 0) is 35.9 Å². The van der Waals surface area contributed by atoms with Gasteiger partial charge in [-0.25, -0.2) is 9.07 Å². The first-order valence-corrected chi connectivity index (χ1v) is 7.21. The van der Waals surface area contributed by atoms with Gasteiger partial charge in [-0.15, -0.1) is 0 Å². The Kier molecular flexibility index (Phi) is 3.12. The normalized spacial score (nSPS) is 15.2. The highest BCUT2D eigenvalue weighted by atomic mass is 19.1. The number of carbonyl (C=O) groups is 1. The van der Waals surface area contributed by atoms with Gasteiger partial charge in [0.1, 0.15) is 5.82 Å². The van der Waals surface area contributed by atoms with Gasteiger partial charge < -0.3 is 0 Å². The summed E-state index contributed by atoms with van der Waals surface area (Å²) < 4.78 is 15.6. The number of allylic oxidation sites excluding steroid dienone is 1. The van der Waals surface area contributed by atoms with Crippen molar-refractivity contribution in [2.75, 3.05) is 0 Å². The first kappa shape index (κ1) is 13.6. The minimum absolute atomic E-state index is 0.189. The van der Waals surface area contributed by atoms with Crippen LogP contribution in [0.3, 0.4) is 0 Å². The molecule has 1 aliphatic carbocycles. The van der Waals surface area contributed by atoms with Gasteiger partial charge in [0.15, 0.2) is 5.78 Å². The van der Waals surface area contributed by atoms with E-state index in [1.807, 2.05) is 18.2 Å². The van der Waals surface area contributed by atoms with Gasteiger partial charge in [0.25, 0.3) is 0 Å². The summed E-state index contributed by atoms with van der Waals surface area (Å²) in [5.74, 6) is -0.709. The Morgan fingerprint density at radius 2 is 1.91 bits per heavy atom. The zero-order valence-electron chi connectivity index (χ0n) is 12.1. The number of halogens is 1. The second-order valence-corrected chi connectivity index (χ2v) is 5.32. The van der Waals surface area contributed by atoms with E-state index in [4.69, 9.17) is 0 Å². The molecule has 112 valence electrons. The van der Waals surface area contributed by atoms with Gasteiger partial charge in [0, 0.05) is 24.4 Å². The Hall–Kier alpha value is -3.08. The van der Waals surface area contributed by atoms with Crippen LogP contribution in [-0.2, 0) is 6.42 Å². The Morgan fingerprint density at radius 3 is 2.70 bits per heavy atom. The van der Waals surface area contributed by atoms with Crippen LogP contribution in [-0.4, -0.2) is 20.5 Å². The number of pyridine rings is 1. The highest BCUT2D eigenvalue weighted by molar-refractivity contribution is 6.15. The third kappa shape index (κ3) is 2.26. The molecule has 1 aliphatic rings. The van der Waals surface area contributed by atoms with E-state index in [2.05, 4.69) is 10.1 Å². The molecule has 1 aromatic carbocycles. The lowest BCUT2D eigenvalue weighted by Gasteiger charge is -2.04. The number of hydrogen-bond acceptors (Lipinski definition) is 3. The second-order valence-electron chi connectivity index (χ2n) is 5.32. The molecule has 4 rings (SSSR count). The molecule has 0 saturated heterocycles. The summed E-state index contributed by atoms with van der Waals surface area (Å²) >= 11 is 0. The maximum Gasteiger partial charge on any atom is 0.192 e. The molecule has 0 N–H and O–H groups in total. The van der Waals surface area contributed by atoms with Crippen molar-refractivity contribution in [2.24, 2.45) is 0 Å². The lowest BCUT2D eigenvalue weighted by molar-refractivity contribution is 0.103. The Balaban J connectivity index is 1.76. The summed E-state index contributed by atoms with van der Waals surface area (Å²) in [5, 5.41) is 4.28. The highest BCUT2D eigenvalue weighted by Crippen LogP contribution is 2.29. The standard InChI is InChI=1S/C18H12FN3O/c19-16-3-1-2-12-10-13(18(23)17(12)16)11-15-6-9-21-22(15)14-4-7-20-8-5-14/h1-9,11H,10H2/b13-11+. The monoisotopic (exact) mass is 305 g/mol. The molecular weight excluding hydrogens is 293 g/mol. The molecule has 0 spiro atoms. The first-order valence-electron chi connectivity index (χ1n) is 7.21. The molecule has 4 nitrogen and oxygen atoms in total. The summed E-state index contributed by atoms with van der Waals surface area (Å²) in [7, 11) is 0. The Labute approximate surface area is 131 Å². The van der Waals surface area contributed by atoms with Gasteiger partial charge in [-0.3, -0.25) is 9.78 Å². The molecule has 0 aliphatic heterocycles. The predicted molar refractivity (Wildman–Crippen MR) is 83.8 cm³/mol. The van der Waals surface area contributed by atoms with Crippen LogP contribution in [0.25, 0.3) is 11.8 Å². The average Bonchev–Trinajstić information content (AvgIpc) is 3.15. The SMILES string of the molecule is O=C1/C(=C/c2ccnn2-c2ccncc2)Cc2cccc(F)c21. The van der Waals surface area contributed by atoms with Crippen LogP contribution in [0.15, 0.2) is 60.6 Å². The first-order chi connectivity index (χ1) is 11.2. The van der Waals surface area contributed by atoms with E-state index in [0.29, 0.717) is 12.0 Å². The van der Waals surface area contributed by atoms with Crippen molar-refractivity contribution in [3.63, 3.8) is 0 Å². The van der Waals surface area contributed by atoms with Crippen LogP contribution < -0.4 is 0 Å². The summed E-state index contributed by atoms with van der Waals surface area (Å²) in [6.07, 6.45) is 7.24. The summed E-state index contributed by atoms with van der Waals surface area (Å²) in [6, 6.07) is 10.2. The predicted octanol–water partition coefficient (Wildman–Crippen LogP) is 3.23. The topological polar surface area (TPSA) is 47.8 Å². The number of aromatic nitrogens is 3. The molecule has 5 heteroatoms. The van der Waals surface area contributed by atoms with Crippen molar-refractivity contribution in [3.05, 3.63) is 83.2 Å². The molecule has 0 bridgehead atoms. The fraction of sp³-hybridized carbons (Fsp3) is 0.0556. The summed E-state index contributed by atoms with van der Waals surface area (Å²) in [6.45, 7) is 0. The molecule has 23 heavy (non-hydrogen) atoms. The van der Waals surface area contributed by atoms with Crippen LogP contribution in [0.5, 0.6) is 0 Å². The van der Waals surface area contributed by atoms with E-state index in [0.717, 1.165) is 16.9 Å². The highest BCUT2D eigenvalue weighted by Gasteiger charge is 2.28. The third-order valence-corrected chi connectivity index (χ3v) is 3.90. The van der Waals surface area contributed by atoms with Gasteiger partial charge in [0.2, 0.25) is 0 Å². The summed E-state index contributed by atoms with van der Waals surface area (Å²) in [5.41, 5.74) is 3.12. The van der Waals surface area contributed by atoms with Gasteiger partial charge in [-0.1, -0.05) is 12.1 Å². The van der Waals surface area contributed by atoms with Crippen molar-refractivity contribution in [1.82, 2.24) is 14.8 Å². The number of nitrogens with zero attached hydrogens (tertiary/aromatic N) is 3. The van der Waals surface area contributed by atoms with Crippen molar-refractivity contribution in [1.29, 1.82) is 0 Å². The Morgan fingerprint density at radius 1 is 1.09 bits per heavy atom. The molecule has 0 unspecified atom stereocenters. The second kappa shape index (κ2) is 5.28. The number of benzene rings is 1. The molecule has 2 aromatic heterocycles. The van der Waals surface area contributed by atoms with Crippen LogP contribution in [0.1, 0.15) is 21.6 Å². The van der Waals surface area contributed by atoms with Crippen LogP contribution in [0.2, 0.25) is 0 Å². The van der Waals surface area contributed by atoms with Crippen molar-refractivity contribution in [2.45, 2.75) is 6.42 Å². The number of Topliss-reactive ketones (excluding diaryl/α,β-unsaturated/α-hetero) is 1. The lowest BCUT2D eigenvalue weighted by atomic mass is 10.1. The molecule has 0 amide bonds. The van der Waals surface area contributed by atoms with Crippen molar-refractivity contribution in [3.8, 4) is 5.69 Å². The number of ketones is 1. The van der Waals surface area contributed by atoms with Crippen LogP contribution in [0.4, 0.5) is 4.39 Å². The number of carbonyl (C=O) groups excluding carboxylic acids is 1. The maximum atomic E-state index is 13.9. The average molecular weight is 305 g/mol. The molecular formula is C18H12FN3O. The molecule has 3 aromatic rings. The van der Waals surface area contributed by atoms with E-state index in [1.165, 1.54) is 6.07 Å². The number of fused-ring (bicyclic) bond motifs is 1. The Bertz CT molecular complexity index is 928. The van der Waals surface area contributed by atoms with E-state index < -0.39 is 5.82 Å². The van der Waals surface area contributed by atoms with Crippen molar-refractivity contribution >= 4 is 11.9 Å². The van der Waals surface area contributed by atoms with Gasteiger partial charge in [0.05, 0.1) is 23.1 Å². The maximum absolute atomic E-state index is 13.9. The fourth-order valence-corrected chi connectivity index (χ4v) is 2.84. The number of rotatable bonds is 2. The van der Waals surface area contributed by atoms with Crippen LogP contribution in [0, 0.1) is 5.82 Å². The summed E-state index contributed by atoms with van der Waals surface area (Å²) in [4.78, 5) is 16.4. The minimum Gasteiger partial charge on any atom is -0.289 e. The van der Waals surface area contributed by atoms with E-state index >= 15 is 0 Å². The van der Waals surface area contributed by atoms with Gasteiger partial charge >= 0.3 is 0 Å². The zero-order chi connectivity index (χ0) is 15.8. The van der Waals surface area contributed by atoms with E-state index in [-0.39, 0.29) is 11.3 Å². The largest absolute Gasteiger partial charge is 0.289 e. The van der Waals surface area contributed by atoms with E-state index in [9.17, 15) is 9.18 Å². The number of hydrogen-bond donors (Lipinski definition) is 0. The minimum atomic E-state index is -0.460. The molecule has 0 saturated carbocycles. The van der Waals surface area contributed by atoms with E-state index in [1.54, 1.807) is 41.5 Å². The smallest absolute Gasteiger partial charge is 0.192 e.